The Kier molecular flexibility index (Phi) is 4.03. The van der Waals surface area contributed by atoms with Gasteiger partial charge in [0.15, 0.2) is 0 Å². The van der Waals surface area contributed by atoms with Crippen molar-refractivity contribution in [1.29, 1.82) is 0 Å². The van der Waals surface area contributed by atoms with Crippen molar-refractivity contribution in [3.8, 4) is 0 Å². The van der Waals surface area contributed by atoms with Crippen molar-refractivity contribution in [2.75, 3.05) is 11.1 Å². The van der Waals surface area contributed by atoms with Gasteiger partial charge in [-0.15, -0.1) is 0 Å². The number of hydrogen-bond acceptors (Lipinski definition) is 3. The average Bonchev–Trinajstić information content (AvgIpc) is 2.08. The van der Waals surface area contributed by atoms with E-state index < -0.39 is 11.7 Å². The van der Waals surface area contributed by atoms with E-state index in [4.69, 9.17) is 10.5 Å². The zero-order valence-corrected chi connectivity index (χ0v) is 12.0. The third kappa shape index (κ3) is 4.26. The summed E-state index contributed by atoms with van der Waals surface area (Å²) in [6, 6.07) is 3.67. The number of rotatable bonds is 1. The highest BCUT2D eigenvalue weighted by molar-refractivity contribution is 9.10. The van der Waals surface area contributed by atoms with E-state index in [2.05, 4.69) is 21.2 Å². The van der Waals surface area contributed by atoms with Gasteiger partial charge in [-0.25, -0.2) is 4.79 Å². The molecule has 0 fully saturated rings. The van der Waals surface area contributed by atoms with Crippen molar-refractivity contribution in [2.24, 2.45) is 0 Å². The summed E-state index contributed by atoms with van der Waals surface area (Å²) in [5.41, 5.74) is 7.35. The first kappa shape index (κ1) is 13.8. The Bertz CT molecular complexity index is 416. The second-order valence-electron chi connectivity index (χ2n) is 4.84. The van der Waals surface area contributed by atoms with Crippen molar-refractivity contribution in [3.63, 3.8) is 0 Å². The Labute approximate surface area is 110 Å². The minimum Gasteiger partial charge on any atom is -0.444 e. The van der Waals surface area contributed by atoms with Crippen molar-refractivity contribution >= 4 is 33.4 Å². The predicted octanol–water partition coefficient (Wildman–Crippen LogP) is 3.69. The van der Waals surface area contributed by atoms with Gasteiger partial charge in [-0.05, 0) is 61.3 Å². The molecule has 17 heavy (non-hydrogen) atoms. The molecule has 0 bridgehead atoms. The molecule has 0 aliphatic heterocycles. The predicted molar refractivity (Wildman–Crippen MR) is 73.1 cm³/mol. The number of amides is 1. The molecule has 0 unspecified atom stereocenters. The summed E-state index contributed by atoms with van der Waals surface area (Å²) < 4.78 is 5.89. The van der Waals surface area contributed by atoms with E-state index in [1.165, 1.54) is 0 Å². The third-order valence-corrected chi connectivity index (χ3v) is 2.52. The summed E-state index contributed by atoms with van der Waals surface area (Å²) >= 11 is 3.36. The summed E-state index contributed by atoms with van der Waals surface area (Å²) in [6.45, 7) is 7.35. The van der Waals surface area contributed by atoms with Gasteiger partial charge in [-0.1, -0.05) is 0 Å². The first-order valence-corrected chi connectivity index (χ1v) is 6.04. The van der Waals surface area contributed by atoms with Crippen LogP contribution in [0.2, 0.25) is 0 Å². The van der Waals surface area contributed by atoms with Crippen LogP contribution in [0.1, 0.15) is 26.3 Å². The molecule has 0 aromatic heterocycles. The Balaban J connectivity index is 2.86. The first-order chi connectivity index (χ1) is 7.69. The molecule has 0 spiro atoms. The fraction of sp³-hybridized carbons (Fsp3) is 0.417. The minimum atomic E-state index is -0.532. The number of anilines is 2. The number of halogens is 1. The Morgan fingerprint density at radius 2 is 2.00 bits per heavy atom. The van der Waals surface area contributed by atoms with Crippen LogP contribution in [0.3, 0.4) is 0 Å². The molecule has 0 atom stereocenters. The summed E-state index contributed by atoms with van der Waals surface area (Å²) in [5.74, 6) is 0. The number of ether oxygens (including phenoxy) is 1. The second-order valence-corrected chi connectivity index (χ2v) is 5.69. The Morgan fingerprint density at radius 3 is 2.47 bits per heavy atom. The number of carbonyl (C=O) groups is 1. The van der Waals surface area contributed by atoms with Gasteiger partial charge in [0.05, 0.1) is 11.4 Å². The second kappa shape index (κ2) is 4.96. The highest BCUT2D eigenvalue weighted by atomic mass is 79.9. The molecule has 1 amide bonds. The summed E-state index contributed by atoms with van der Waals surface area (Å²) in [7, 11) is 0. The van der Waals surface area contributed by atoms with E-state index in [1.54, 1.807) is 26.8 Å². The summed E-state index contributed by atoms with van der Waals surface area (Å²) in [5, 5.41) is 2.63. The van der Waals surface area contributed by atoms with Gasteiger partial charge >= 0.3 is 6.09 Å². The van der Waals surface area contributed by atoms with Crippen LogP contribution in [0.4, 0.5) is 16.2 Å². The van der Waals surface area contributed by atoms with Crippen LogP contribution in [0.25, 0.3) is 0 Å². The van der Waals surface area contributed by atoms with Gasteiger partial charge in [0.25, 0.3) is 0 Å². The standard InChI is InChI=1S/C12H17BrN2O2/c1-7-5-8(13)10(9(14)6-7)15-11(16)17-12(2,3)4/h5-6H,14H2,1-4H3,(H,15,16). The topological polar surface area (TPSA) is 64.3 Å². The lowest BCUT2D eigenvalue weighted by atomic mass is 10.2. The smallest absolute Gasteiger partial charge is 0.412 e. The van der Waals surface area contributed by atoms with Crippen molar-refractivity contribution < 1.29 is 9.53 Å². The average molecular weight is 301 g/mol. The van der Waals surface area contributed by atoms with Gasteiger partial charge in [-0.3, -0.25) is 5.32 Å². The molecule has 0 aliphatic carbocycles. The summed E-state index contributed by atoms with van der Waals surface area (Å²) in [4.78, 5) is 11.6. The highest BCUT2D eigenvalue weighted by Crippen LogP contribution is 2.30. The van der Waals surface area contributed by atoms with E-state index in [1.807, 2.05) is 13.0 Å². The molecular formula is C12H17BrN2O2. The molecule has 94 valence electrons. The molecule has 4 nitrogen and oxygen atoms in total. The number of nitrogens with two attached hydrogens (primary N) is 1. The number of hydrogen-bond donors (Lipinski definition) is 2. The molecule has 0 heterocycles. The lowest BCUT2D eigenvalue weighted by molar-refractivity contribution is 0.0636. The molecular weight excluding hydrogens is 284 g/mol. The molecule has 0 saturated heterocycles. The Morgan fingerprint density at radius 1 is 1.41 bits per heavy atom. The zero-order chi connectivity index (χ0) is 13.2. The molecule has 1 rings (SSSR count). The molecule has 0 radical (unpaired) electrons. The monoisotopic (exact) mass is 300 g/mol. The van der Waals surface area contributed by atoms with Crippen LogP contribution in [0.15, 0.2) is 16.6 Å². The van der Waals surface area contributed by atoms with Crippen molar-refractivity contribution in [2.45, 2.75) is 33.3 Å². The van der Waals surface area contributed by atoms with Crippen LogP contribution in [0, 0.1) is 6.92 Å². The zero-order valence-electron chi connectivity index (χ0n) is 10.4. The normalized spacial score (nSPS) is 11.1. The molecule has 0 saturated carbocycles. The largest absolute Gasteiger partial charge is 0.444 e. The van der Waals surface area contributed by atoms with Gasteiger partial charge in [0.2, 0.25) is 0 Å². The molecule has 3 N–H and O–H groups in total. The van der Waals surface area contributed by atoms with Crippen LogP contribution in [0.5, 0.6) is 0 Å². The molecule has 1 aromatic rings. The summed E-state index contributed by atoms with van der Waals surface area (Å²) in [6.07, 6.45) is -0.520. The number of benzene rings is 1. The van der Waals surface area contributed by atoms with Gasteiger partial charge in [0.1, 0.15) is 5.60 Å². The van der Waals surface area contributed by atoms with Gasteiger partial charge in [-0.2, -0.15) is 0 Å². The van der Waals surface area contributed by atoms with E-state index in [0.29, 0.717) is 11.4 Å². The molecule has 1 aromatic carbocycles. The SMILES string of the molecule is Cc1cc(N)c(NC(=O)OC(C)(C)C)c(Br)c1. The van der Waals surface area contributed by atoms with Gasteiger partial charge < -0.3 is 10.5 Å². The van der Waals surface area contributed by atoms with E-state index >= 15 is 0 Å². The van der Waals surface area contributed by atoms with Crippen molar-refractivity contribution in [3.05, 3.63) is 22.2 Å². The van der Waals surface area contributed by atoms with E-state index in [-0.39, 0.29) is 0 Å². The lowest BCUT2D eigenvalue weighted by Crippen LogP contribution is -2.27. The maximum Gasteiger partial charge on any atom is 0.412 e. The third-order valence-electron chi connectivity index (χ3n) is 1.89. The molecule has 0 aliphatic rings. The van der Waals surface area contributed by atoms with E-state index in [9.17, 15) is 4.79 Å². The van der Waals surface area contributed by atoms with Crippen molar-refractivity contribution in [1.82, 2.24) is 0 Å². The van der Waals surface area contributed by atoms with Crippen LogP contribution in [-0.4, -0.2) is 11.7 Å². The fourth-order valence-corrected chi connectivity index (χ4v) is 2.00. The van der Waals surface area contributed by atoms with Gasteiger partial charge in [0, 0.05) is 4.47 Å². The minimum absolute atomic E-state index is 0.503. The fourth-order valence-electron chi connectivity index (χ4n) is 1.31. The quantitative estimate of drug-likeness (QED) is 0.778. The van der Waals surface area contributed by atoms with Crippen LogP contribution >= 0.6 is 15.9 Å². The maximum absolute atomic E-state index is 11.6. The van der Waals surface area contributed by atoms with Crippen LogP contribution in [-0.2, 0) is 4.74 Å². The number of aryl methyl sites for hydroxylation is 1. The maximum atomic E-state index is 11.6. The highest BCUT2D eigenvalue weighted by Gasteiger charge is 2.18. The molecule has 5 heteroatoms. The Hall–Kier alpha value is -1.23. The van der Waals surface area contributed by atoms with E-state index in [0.717, 1.165) is 10.0 Å². The first-order valence-electron chi connectivity index (χ1n) is 5.24. The number of carbonyl (C=O) groups excluding carboxylic acids is 1. The van der Waals surface area contributed by atoms with Crippen LogP contribution < -0.4 is 11.1 Å². The number of nitrogens with one attached hydrogen (secondary N) is 1. The lowest BCUT2D eigenvalue weighted by Gasteiger charge is -2.20. The number of nitrogen functional groups attached to an aromatic ring is 1.